The molecule has 8 nitrogen and oxygen atoms in total. The number of hydrogen-bond donors (Lipinski definition) is 2. The van der Waals surface area contributed by atoms with Crippen LogP contribution >= 0.6 is 0 Å². The molecule has 1 heterocycles. The first kappa shape index (κ1) is 23.7. The first-order valence-electron chi connectivity index (χ1n) is 10.4. The van der Waals surface area contributed by atoms with Crippen molar-refractivity contribution in [1.82, 2.24) is 9.80 Å². The molecule has 2 N–H and O–H groups in total. The monoisotopic (exact) mass is 420 g/mol. The van der Waals surface area contributed by atoms with Gasteiger partial charge in [-0.15, -0.1) is 0 Å². The van der Waals surface area contributed by atoms with Gasteiger partial charge in [-0.25, -0.2) is 9.59 Å². The second kappa shape index (κ2) is 11.5. The highest BCUT2D eigenvalue weighted by Gasteiger charge is 2.28. The number of benzene rings is 1. The van der Waals surface area contributed by atoms with Crippen LogP contribution in [0, 0.1) is 12.8 Å². The van der Waals surface area contributed by atoms with E-state index in [9.17, 15) is 4.79 Å². The topological polar surface area (TPSA) is 107 Å². The zero-order chi connectivity index (χ0) is 22.1. The number of rotatable bonds is 4. The van der Waals surface area contributed by atoms with Crippen LogP contribution in [0.2, 0.25) is 0 Å². The van der Waals surface area contributed by atoms with Crippen molar-refractivity contribution in [1.29, 1.82) is 0 Å². The molecule has 1 saturated heterocycles. The number of nitrogens with zero attached hydrogens (tertiary/aromatic N) is 2. The lowest BCUT2D eigenvalue weighted by Crippen LogP contribution is -2.53. The van der Waals surface area contributed by atoms with E-state index in [0.717, 1.165) is 49.5 Å². The molecule has 2 fully saturated rings. The summed E-state index contributed by atoms with van der Waals surface area (Å²) in [6, 6.07) is 8.60. The van der Waals surface area contributed by atoms with Crippen molar-refractivity contribution in [3.05, 3.63) is 29.8 Å². The minimum atomic E-state index is -1.82. The van der Waals surface area contributed by atoms with Crippen molar-refractivity contribution in [3.63, 3.8) is 0 Å². The van der Waals surface area contributed by atoms with Crippen LogP contribution in [-0.4, -0.2) is 76.7 Å². The highest BCUT2D eigenvalue weighted by atomic mass is 16.5. The normalized spacial score (nSPS) is 21.9. The van der Waals surface area contributed by atoms with Crippen LogP contribution in [0.5, 0.6) is 5.75 Å². The number of carboxylic acid groups (broad SMARTS) is 2. The molecule has 30 heavy (non-hydrogen) atoms. The summed E-state index contributed by atoms with van der Waals surface area (Å²) >= 11 is 0. The van der Waals surface area contributed by atoms with E-state index in [2.05, 4.69) is 11.8 Å². The van der Waals surface area contributed by atoms with Gasteiger partial charge in [0.05, 0.1) is 0 Å². The van der Waals surface area contributed by atoms with Gasteiger partial charge in [0, 0.05) is 32.2 Å². The lowest BCUT2D eigenvalue weighted by molar-refractivity contribution is -0.159. The van der Waals surface area contributed by atoms with E-state index in [1.807, 2.05) is 36.1 Å². The van der Waals surface area contributed by atoms with Crippen molar-refractivity contribution in [2.45, 2.75) is 45.6 Å². The molecule has 0 atom stereocenters. The van der Waals surface area contributed by atoms with Crippen LogP contribution in [0.4, 0.5) is 0 Å². The van der Waals surface area contributed by atoms with Crippen LogP contribution in [-0.2, 0) is 14.4 Å². The molecule has 0 bridgehead atoms. The lowest BCUT2D eigenvalue weighted by atomic mass is 9.86. The van der Waals surface area contributed by atoms with Crippen LogP contribution in [0.15, 0.2) is 24.3 Å². The minimum absolute atomic E-state index is 0.105. The molecular weight excluding hydrogens is 388 g/mol. The zero-order valence-electron chi connectivity index (χ0n) is 17.7. The lowest BCUT2D eigenvalue weighted by Gasteiger charge is -2.41. The van der Waals surface area contributed by atoms with Crippen LogP contribution < -0.4 is 4.74 Å². The highest BCUT2D eigenvalue weighted by Crippen LogP contribution is 2.27. The quantitative estimate of drug-likeness (QED) is 0.720. The summed E-state index contributed by atoms with van der Waals surface area (Å²) < 4.78 is 5.65. The van der Waals surface area contributed by atoms with Crippen molar-refractivity contribution in [3.8, 4) is 5.75 Å². The predicted molar refractivity (Wildman–Crippen MR) is 112 cm³/mol. The van der Waals surface area contributed by atoms with Gasteiger partial charge in [-0.1, -0.05) is 19.1 Å². The van der Waals surface area contributed by atoms with Gasteiger partial charge in [-0.05, 0) is 56.2 Å². The van der Waals surface area contributed by atoms with E-state index in [1.54, 1.807) is 0 Å². The van der Waals surface area contributed by atoms with Crippen molar-refractivity contribution in [2.75, 3.05) is 32.8 Å². The number of carbonyl (C=O) groups is 3. The Kier molecular flexibility index (Phi) is 9.11. The summed E-state index contributed by atoms with van der Waals surface area (Å²) in [6.07, 6.45) is 5.36. The van der Waals surface area contributed by atoms with Gasteiger partial charge in [0.2, 0.25) is 0 Å². The molecule has 1 amide bonds. The smallest absolute Gasteiger partial charge is 0.414 e. The fourth-order valence-corrected chi connectivity index (χ4v) is 3.89. The van der Waals surface area contributed by atoms with E-state index >= 15 is 0 Å². The van der Waals surface area contributed by atoms with Gasteiger partial charge in [-0.2, -0.15) is 0 Å². The standard InChI is InChI=1S/C20H30N2O2.C2H2O4/c1-16-6-8-18(9-7-16)21-10-12-22(13-11-21)20(23)15-24-19-5-3-4-17(2)14-19;3-1(4)2(5)6/h3-5,14,16,18H,6-13,15H2,1-2H3;(H,3,4)(H,5,6). The number of piperazine rings is 1. The molecule has 1 aromatic carbocycles. The third kappa shape index (κ3) is 7.67. The van der Waals surface area contributed by atoms with Crippen LogP contribution in [0.3, 0.4) is 0 Å². The maximum absolute atomic E-state index is 12.4. The van der Waals surface area contributed by atoms with Crippen molar-refractivity contribution in [2.24, 2.45) is 5.92 Å². The molecule has 1 aliphatic carbocycles. The largest absolute Gasteiger partial charge is 0.484 e. The first-order chi connectivity index (χ1) is 14.3. The number of ether oxygens (including phenoxy) is 1. The molecule has 2 aliphatic rings. The van der Waals surface area contributed by atoms with Gasteiger partial charge >= 0.3 is 11.9 Å². The summed E-state index contributed by atoms with van der Waals surface area (Å²) in [7, 11) is 0. The summed E-state index contributed by atoms with van der Waals surface area (Å²) in [5.41, 5.74) is 1.15. The van der Waals surface area contributed by atoms with Crippen molar-refractivity contribution < 1.29 is 29.3 Å². The molecule has 1 aromatic rings. The predicted octanol–water partition coefficient (Wildman–Crippen LogP) is 2.25. The van der Waals surface area contributed by atoms with Crippen LogP contribution in [0.25, 0.3) is 0 Å². The van der Waals surface area contributed by atoms with Crippen molar-refractivity contribution >= 4 is 17.8 Å². The average molecular weight is 421 g/mol. The Morgan fingerprint density at radius 2 is 1.60 bits per heavy atom. The molecular formula is C22H32N2O6. The second-order valence-corrected chi connectivity index (χ2v) is 8.05. The Bertz CT molecular complexity index is 710. The van der Waals surface area contributed by atoms with E-state index in [0.29, 0.717) is 0 Å². The summed E-state index contributed by atoms with van der Waals surface area (Å²) in [5, 5.41) is 14.8. The molecule has 0 spiro atoms. The Hall–Kier alpha value is -2.61. The Morgan fingerprint density at radius 1 is 1.00 bits per heavy atom. The average Bonchev–Trinajstić information content (AvgIpc) is 2.73. The van der Waals surface area contributed by atoms with Crippen LogP contribution in [0.1, 0.15) is 38.2 Å². The number of amides is 1. The third-order valence-corrected chi connectivity index (χ3v) is 5.70. The molecule has 0 unspecified atom stereocenters. The molecule has 3 rings (SSSR count). The minimum Gasteiger partial charge on any atom is -0.484 e. The maximum Gasteiger partial charge on any atom is 0.414 e. The maximum atomic E-state index is 12.4. The van der Waals surface area contributed by atoms with E-state index in [4.69, 9.17) is 24.5 Å². The number of aryl methyl sites for hydroxylation is 1. The highest BCUT2D eigenvalue weighted by molar-refractivity contribution is 6.27. The SMILES string of the molecule is Cc1cccc(OCC(=O)N2CCN(C3CCC(C)CC3)CC2)c1.O=C(O)C(=O)O. The summed E-state index contributed by atoms with van der Waals surface area (Å²) in [4.78, 5) is 35.1. The zero-order valence-corrected chi connectivity index (χ0v) is 17.7. The summed E-state index contributed by atoms with van der Waals surface area (Å²) in [6.45, 7) is 8.22. The van der Waals surface area contributed by atoms with Gasteiger partial charge in [0.1, 0.15) is 5.75 Å². The second-order valence-electron chi connectivity index (χ2n) is 8.05. The Labute approximate surface area is 177 Å². The third-order valence-electron chi connectivity index (χ3n) is 5.70. The molecule has 1 saturated carbocycles. The first-order valence-corrected chi connectivity index (χ1v) is 10.4. The summed E-state index contributed by atoms with van der Waals surface area (Å²) in [5.74, 6) is -1.88. The van der Waals surface area contributed by atoms with E-state index in [-0.39, 0.29) is 12.5 Å². The Balaban J connectivity index is 0.000000469. The van der Waals surface area contributed by atoms with Gasteiger partial charge in [0.25, 0.3) is 5.91 Å². The Morgan fingerprint density at radius 3 is 2.13 bits per heavy atom. The number of aliphatic carboxylic acids is 2. The van der Waals surface area contributed by atoms with E-state index in [1.165, 1.54) is 25.7 Å². The molecule has 0 radical (unpaired) electrons. The number of hydrogen-bond acceptors (Lipinski definition) is 5. The van der Waals surface area contributed by atoms with Gasteiger partial charge in [-0.3, -0.25) is 9.69 Å². The number of carboxylic acids is 2. The molecule has 166 valence electrons. The molecule has 0 aromatic heterocycles. The molecule has 8 heteroatoms. The van der Waals surface area contributed by atoms with E-state index < -0.39 is 11.9 Å². The molecule has 1 aliphatic heterocycles. The van der Waals surface area contributed by atoms with Gasteiger partial charge in [0.15, 0.2) is 6.61 Å². The fraction of sp³-hybridized carbons (Fsp3) is 0.591. The number of carbonyl (C=O) groups excluding carboxylic acids is 1. The fourth-order valence-electron chi connectivity index (χ4n) is 3.89. The van der Waals surface area contributed by atoms with Gasteiger partial charge < -0.3 is 19.8 Å².